The first-order chi connectivity index (χ1) is 7.87. The van der Waals surface area contributed by atoms with E-state index in [9.17, 15) is 4.79 Å². The van der Waals surface area contributed by atoms with Crippen LogP contribution in [0.15, 0.2) is 12.2 Å². The van der Waals surface area contributed by atoms with Gasteiger partial charge in [-0.1, -0.05) is 6.08 Å². The van der Waals surface area contributed by atoms with Gasteiger partial charge in [-0.25, -0.2) is 4.79 Å². The minimum Gasteiger partial charge on any atom is -0.442 e. The first-order valence-corrected chi connectivity index (χ1v) is 6.28. The van der Waals surface area contributed by atoms with E-state index in [1.807, 2.05) is 32.9 Å². The van der Waals surface area contributed by atoms with Crippen molar-refractivity contribution in [2.45, 2.75) is 64.1 Å². The number of rotatable bonds is 1. The van der Waals surface area contributed by atoms with E-state index >= 15 is 0 Å². The van der Waals surface area contributed by atoms with E-state index in [-0.39, 0.29) is 23.8 Å². The summed E-state index contributed by atoms with van der Waals surface area (Å²) < 4.78 is 5.36. The minimum absolute atomic E-state index is 0.121. The molecule has 2 unspecified atom stereocenters. The molecule has 1 rings (SSSR count). The van der Waals surface area contributed by atoms with Crippen LogP contribution >= 0.6 is 0 Å². The summed E-state index contributed by atoms with van der Waals surface area (Å²) in [4.78, 5) is 11.6. The predicted octanol–water partition coefficient (Wildman–Crippen LogP) is 2.34. The number of nitrogens with one attached hydrogen (secondary N) is 1. The molecule has 2 atom stereocenters. The highest BCUT2D eigenvalue weighted by atomic mass is 16.6. The smallest absolute Gasteiger partial charge is 0.408 e. The van der Waals surface area contributed by atoms with Crippen molar-refractivity contribution in [1.82, 2.24) is 5.32 Å². The van der Waals surface area contributed by atoms with E-state index in [1.54, 1.807) is 0 Å². The zero-order chi connectivity index (χ0) is 12.9. The van der Waals surface area contributed by atoms with Crippen molar-refractivity contribution in [3.05, 3.63) is 12.2 Å². The lowest BCUT2D eigenvalue weighted by molar-refractivity contribution is 0.106. The fourth-order valence-corrected chi connectivity index (χ4v) is 1.77. The summed E-state index contributed by atoms with van der Waals surface area (Å²) in [5.41, 5.74) is 5.60. The first-order valence-electron chi connectivity index (χ1n) is 6.28. The van der Waals surface area contributed by atoms with Gasteiger partial charge in [0.2, 0.25) is 0 Å². The molecule has 4 heteroatoms. The van der Waals surface area contributed by atoms with Crippen LogP contribution in [0.3, 0.4) is 0 Å². The van der Waals surface area contributed by atoms with Crippen molar-refractivity contribution >= 4 is 6.09 Å². The van der Waals surface area contributed by atoms with Gasteiger partial charge < -0.3 is 15.8 Å². The number of carbonyl (C=O) groups is 1. The molecule has 0 aromatic rings. The Hall–Kier alpha value is -1.03. The number of hydrogen-bond acceptors (Lipinski definition) is 3. The van der Waals surface area contributed by atoms with Crippen LogP contribution in [0, 0.1) is 0 Å². The fraction of sp³-hybridized carbons (Fsp3) is 0.769. The molecule has 1 aliphatic rings. The largest absolute Gasteiger partial charge is 0.442 e. The summed E-state index contributed by atoms with van der Waals surface area (Å²) in [5.74, 6) is 0. The highest BCUT2D eigenvalue weighted by Crippen LogP contribution is 2.14. The van der Waals surface area contributed by atoms with Crippen molar-refractivity contribution in [3.8, 4) is 0 Å². The normalized spacial score (nSPS) is 27.8. The van der Waals surface area contributed by atoms with Crippen LogP contribution in [-0.2, 0) is 4.74 Å². The average molecular weight is 240 g/mol. The lowest BCUT2D eigenvalue weighted by Gasteiger charge is -2.23. The Balaban J connectivity index is 2.42. The summed E-state index contributed by atoms with van der Waals surface area (Å²) in [6, 6.07) is 0.246. The molecule has 0 aromatic carbocycles. The Morgan fingerprint density at radius 2 is 2.12 bits per heavy atom. The molecule has 1 aliphatic carbocycles. The quantitative estimate of drug-likeness (QED) is 0.691. The van der Waals surface area contributed by atoms with Gasteiger partial charge in [-0.05, 0) is 52.5 Å². The second-order valence-corrected chi connectivity index (χ2v) is 5.67. The summed E-state index contributed by atoms with van der Waals surface area (Å²) in [6.07, 6.45) is 7.19. The van der Waals surface area contributed by atoms with Crippen LogP contribution in [-0.4, -0.2) is 23.8 Å². The van der Waals surface area contributed by atoms with Crippen molar-refractivity contribution in [3.63, 3.8) is 0 Å². The fourth-order valence-electron chi connectivity index (χ4n) is 1.77. The van der Waals surface area contributed by atoms with Crippen molar-refractivity contribution in [2.24, 2.45) is 5.73 Å². The summed E-state index contributed by atoms with van der Waals surface area (Å²) in [5, 5.41) is 2.79. The predicted molar refractivity (Wildman–Crippen MR) is 68.7 cm³/mol. The van der Waals surface area contributed by atoms with Gasteiger partial charge in [0.05, 0.1) is 0 Å². The molecule has 0 saturated heterocycles. The average Bonchev–Trinajstić information content (AvgIpc) is 2.10. The second kappa shape index (κ2) is 6.05. The van der Waals surface area contributed by atoms with Crippen LogP contribution in [0.25, 0.3) is 0 Å². The standard InChI is InChI=1S/C13H24N2O2/c1-13(2,3)15-12(16)17-11-8-4-6-10(14)7-5-9-11/h4,8,10-11H,5-7,9,14H2,1-3H3,(H,15,16)/b8-4+. The van der Waals surface area contributed by atoms with Gasteiger partial charge in [0.15, 0.2) is 0 Å². The molecular weight excluding hydrogens is 216 g/mol. The maximum atomic E-state index is 11.6. The van der Waals surface area contributed by atoms with E-state index < -0.39 is 0 Å². The third kappa shape index (κ3) is 6.31. The molecule has 0 bridgehead atoms. The highest BCUT2D eigenvalue weighted by molar-refractivity contribution is 5.68. The van der Waals surface area contributed by atoms with Crippen molar-refractivity contribution < 1.29 is 9.53 Å². The summed E-state index contributed by atoms with van der Waals surface area (Å²) in [6.45, 7) is 5.80. The van der Waals surface area contributed by atoms with E-state index in [2.05, 4.69) is 5.32 Å². The van der Waals surface area contributed by atoms with Crippen LogP contribution < -0.4 is 11.1 Å². The number of carbonyl (C=O) groups excluding carboxylic acids is 1. The maximum absolute atomic E-state index is 11.6. The van der Waals surface area contributed by atoms with Gasteiger partial charge in [0.1, 0.15) is 6.10 Å². The molecule has 0 saturated carbocycles. The highest BCUT2D eigenvalue weighted by Gasteiger charge is 2.18. The lowest BCUT2D eigenvalue weighted by Crippen LogP contribution is -2.42. The second-order valence-electron chi connectivity index (χ2n) is 5.67. The monoisotopic (exact) mass is 240 g/mol. The van der Waals surface area contributed by atoms with E-state index in [4.69, 9.17) is 10.5 Å². The number of amides is 1. The van der Waals surface area contributed by atoms with Crippen LogP contribution in [0.5, 0.6) is 0 Å². The van der Waals surface area contributed by atoms with Crippen molar-refractivity contribution in [1.29, 1.82) is 0 Å². The number of ether oxygens (including phenoxy) is 1. The molecule has 98 valence electrons. The van der Waals surface area contributed by atoms with E-state index in [0.29, 0.717) is 0 Å². The van der Waals surface area contributed by atoms with Gasteiger partial charge in [0, 0.05) is 11.6 Å². The van der Waals surface area contributed by atoms with E-state index in [1.165, 1.54) is 0 Å². The van der Waals surface area contributed by atoms with Gasteiger partial charge in [-0.2, -0.15) is 0 Å². The summed E-state index contributed by atoms with van der Waals surface area (Å²) >= 11 is 0. The molecule has 0 heterocycles. The zero-order valence-electron chi connectivity index (χ0n) is 11.0. The van der Waals surface area contributed by atoms with Gasteiger partial charge >= 0.3 is 6.09 Å². The van der Waals surface area contributed by atoms with Crippen molar-refractivity contribution in [2.75, 3.05) is 0 Å². The zero-order valence-corrected chi connectivity index (χ0v) is 11.0. The summed E-state index contributed by atoms with van der Waals surface area (Å²) in [7, 11) is 0. The Kier molecular flexibility index (Phi) is 5.00. The molecule has 0 spiro atoms. The van der Waals surface area contributed by atoms with Crippen LogP contribution in [0.4, 0.5) is 4.79 Å². The molecular formula is C13H24N2O2. The Labute approximate surface area is 104 Å². The Bertz CT molecular complexity index is 282. The molecule has 0 radical (unpaired) electrons. The first kappa shape index (κ1) is 14.0. The molecule has 4 nitrogen and oxygen atoms in total. The molecule has 0 aromatic heterocycles. The van der Waals surface area contributed by atoms with Gasteiger partial charge in [-0.15, -0.1) is 0 Å². The third-order valence-corrected chi connectivity index (χ3v) is 2.59. The Morgan fingerprint density at radius 1 is 1.41 bits per heavy atom. The maximum Gasteiger partial charge on any atom is 0.408 e. The topological polar surface area (TPSA) is 64.3 Å². The molecule has 3 N–H and O–H groups in total. The third-order valence-electron chi connectivity index (χ3n) is 2.59. The van der Waals surface area contributed by atoms with Crippen LogP contribution in [0.2, 0.25) is 0 Å². The molecule has 1 amide bonds. The van der Waals surface area contributed by atoms with E-state index in [0.717, 1.165) is 25.7 Å². The van der Waals surface area contributed by atoms with Gasteiger partial charge in [-0.3, -0.25) is 0 Å². The lowest BCUT2D eigenvalue weighted by atomic mass is 10.0. The van der Waals surface area contributed by atoms with Crippen LogP contribution in [0.1, 0.15) is 46.5 Å². The number of alkyl carbamates (subject to hydrolysis) is 1. The van der Waals surface area contributed by atoms with Gasteiger partial charge in [0.25, 0.3) is 0 Å². The molecule has 0 fully saturated rings. The number of hydrogen-bond donors (Lipinski definition) is 2. The molecule has 17 heavy (non-hydrogen) atoms. The molecule has 0 aliphatic heterocycles. The minimum atomic E-state index is -0.350. The SMILES string of the molecule is CC(C)(C)NC(=O)OC1/C=C/CC(N)CCC1. The Morgan fingerprint density at radius 3 is 2.76 bits per heavy atom. The number of nitrogens with two attached hydrogens (primary N) is 1.